The van der Waals surface area contributed by atoms with Crippen LogP contribution in [-0.4, -0.2) is 72.9 Å². The Hall–Kier alpha value is -0.650. The van der Waals surface area contributed by atoms with Crippen LogP contribution < -0.4 is 0 Å². The van der Waals surface area contributed by atoms with Crippen LogP contribution in [0.5, 0.6) is 0 Å². The summed E-state index contributed by atoms with van der Waals surface area (Å²) in [5, 5.41) is 9.74. The van der Waals surface area contributed by atoms with Gasteiger partial charge in [-0.1, -0.05) is 0 Å². The second-order valence-electron chi connectivity index (χ2n) is 5.99. The van der Waals surface area contributed by atoms with E-state index in [2.05, 4.69) is 0 Å². The Morgan fingerprint density at radius 1 is 1.50 bits per heavy atom. The van der Waals surface area contributed by atoms with E-state index in [1.807, 2.05) is 32.8 Å². The fourth-order valence-electron chi connectivity index (χ4n) is 2.33. The number of carbonyl (C=O) groups excluding carboxylic acids is 1. The van der Waals surface area contributed by atoms with Crippen molar-refractivity contribution in [3.05, 3.63) is 0 Å². The molecule has 0 aromatic heterocycles. The van der Waals surface area contributed by atoms with Crippen LogP contribution in [0.2, 0.25) is 0 Å². The highest BCUT2D eigenvalue weighted by atomic mass is 16.5. The first-order chi connectivity index (χ1) is 8.25. The van der Waals surface area contributed by atoms with E-state index >= 15 is 0 Å². The van der Waals surface area contributed by atoms with Gasteiger partial charge in [0.05, 0.1) is 18.1 Å². The summed E-state index contributed by atoms with van der Waals surface area (Å²) in [7, 11) is 5.57. The Morgan fingerprint density at radius 2 is 2.11 bits per heavy atom. The van der Waals surface area contributed by atoms with E-state index in [4.69, 9.17) is 4.74 Å². The molecule has 2 unspecified atom stereocenters. The number of carbonyl (C=O) groups is 1. The van der Waals surface area contributed by atoms with Gasteiger partial charge in [0.2, 0.25) is 5.91 Å². The average molecular weight is 258 g/mol. The number of rotatable bonds is 5. The molecule has 0 spiro atoms. The van der Waals surface area contributed by atoms with Gasteiger partial charge >= 0.3 is 0 Å². The molecule has 0 saturated carbocycles. The summed E-state index contributed by atoms with van der Waals surface area (Å²) >= 11 is 0. The van der Waals surface area contributed by atoms with E-state index in [0.717, 1.165) is 6.54 Å². The minimum Gasteiger partial charge on any atom is -0.391 e. The molecule has 5 heteroatoms. The molecule has 0 aliphatic carbocycles. The van der Waals surface area contributed by atoms with E-state index in [0.29, 0.717) is 19.4 Å². The zero-order valence-corrected chi connectivity index (χ0v) is 12.1. The highest BCUT2D eigenvalue weighted by molar-refractivity contribution is 5.78. The molecule has 1 amide bonds. The third-order valence-corrected chi connectivity index (χ3v) is 3.42. The Bertz CT molecular complexity index is 292. The standard InChI is InChI=1S/C13H26N2O3/c1-13(2,18-5)7-12(17)15-9-11(16)6-10(15)8-14(3)4/h10-11,16H,6-9H2,1-5H3. The summed E-state index contributed by atoms with van der Waals surface area (Å²) in [6, 6.07) is 0.107. The summed E-state index contributed by atoms with van der Waals surface area (Å²) in [5.41, 5.74) is -0.451. The number of ether oxygens (including phenoxy) is 1. The first kappa shape index (κ1) is 15.4. The lowest BCUT2D eigenvalue weighted by Crippen LogP contribution is -2.44. The summed E-state index contributed by atoms with van der Waals surface area (Å²) < 4.78 is 5.29. The fourth-order valence-corrected chi connectivity index (χ4v) is 2.33. The van der Waals surface area contributed by atoms with E-state index in [1.54, 1.807) is 12.0 Å². The molecular weight excluding hydrogens is 232 g/mol. The van der Waals surface area contributed by atoms with E-state index in [9.17, 15) is 9.90 Å². The number of amides is 1. The molecule has 1 rings (SSSR count). The van der Waals surface area contributed by atoms with Gasteiger partial charge in [-0.3, -0.25) is 4.79 Å². The maximum atomic E-state index is 12.3. The molecule has 0 radical (unpaired) electrons. The Morgan fingerprint density at radius 3 is 2.61 bits per heavy atom. The van der Waals surface area contributed by atoms with Gasteiger partial charge in [0.1, 0.15) is 0 Å². The third-order valence-electron chi connectivity index (χ3n) is 3.42. The second kappa shape index (κ2) is 5.99. The fraction of sp³-hybridized carbons (Fsp3) is 0.923. The maximum Gasteiger partial charge on any atom is 0.225 e. The number of hydrogen-bond donors (Lipinski definition) is 1. The average Bonchev–Trinajstić information content (AvgIpc) is 2.58. The van der Waals surface area contributed by atoms with Crippen molar-refractivity contribution in [3.63, 3.8) is 0 Å². The molecule has 0 aromatic carbocycles. The summed E-state index contributed by atoms with van der Waals surface area (Å²) in [5.74, 6) is 0.0604. The van der Waals surface area contributed by atoms with Crippen molar-refractivity contribution in [2.45, 2.75) is 44.4 Å². The summed E-state index contributed by atoms with van der Waals surface area (Å²) in [4.78, 5) is 16.1. The molecule has 0 bridgehead atoms. The molecule has 0 aromatic rings. The lowest BCUT2D eigenvalue weighted by atomic mass is 10.0. The van der Waals surface area contributed by atoms with Crippen molar-refractivity contribution in [2.75, 3.05) is 34.3 Å². The quantitative estimate of drug-likeness (QED) is 0.772. The molecule has 1 N–H and O–H groups in total. The molecule has 1 saturated heterocycles. The van der Waals surface area contributed by atoms with E-state index < -0.39 is 11.7 Å². The number of aliphatic hydroxyl groups is 1. The minimum atomic E-state index is -0.451. The van der Waals surface area contributed by atoms with Crippen LogP contribution in [0.1, 0.15) is 26.7 Å². The van der Waals surface area contributed by atoms with E-state index in [1.165, 1.54) is 0 Å². The number of likely N-dealkylation sites (tertiary alicyclic amines) is 1. The molecule has 2 atom stereocenters. The van der Waals surface area contributed by atoms with Gasteiger partial charge in [0.25, 0.3) is 0 Å². The van der Waals surface area contributed by atoms with Crippen molar-refractivity contribution in [3.8, 4) is 0 Å². The van der Waals surface area contributed by atoms with Crippen LogP contribution in [0.3, 0.4) is 0 Å². The molecule has 1 aliphatic rings. The summed E-state index contributed by atoms with van der Waals surface area (Å²) in [6.07, 6.45) is 0.613. The van der Waals surface area contributed by atoms with Crippen molar-refractivity contribution in [1.82, 2.24) is 9.80 Å². The van der Waals surface area contributed by atoms with Gasteiger partial charge in [-0.05, 0) is 34.4 Å². The number of nitrogens with zero attached hydrogens (tertiary/aromatic N) is 2. The molecule has 5 nitrogen and oxygen atoms in total. The number of β-amino-alcohol motifs (C(OH)–C–C–N with tert-alkyl or cyclic N) is 1. The van der Waals surface area contributed by atoms with Crippen molar-refractivity contribution in [2.24, 2.45) is 0 Å². The van der Waals surface area contributed by atoms with Crippen LogP contribution >= 0.6 is 0 Å². The topological polar surface area (TPSA) is 53.0 Å². The second-order valence-corrected chi connectivity index (χ2v) is 5.99. The molecular formula is C13H26N2O3. The van der Waals surface area contributed by atoms with Gasteiger partial charge in [0.15, 0.2) is 0 Å². The third kappa shape index (κ3) is 4.23. The van der Waals surface area contributed by atoms with Crippen LogP contribution in [0, 0.1) is 0 Å². The molecule has 1 fully saturated rings. The Kier molecular flexibility index (Phi) is 5.13. The predicted octanol–water partition coefficient (Wildman–Crippen LogP) is 0.325. The lowest BCUT2D eigenvalue weighted by Gasteiger charge is -2.30. The van der Waals surface area contributed by atoms with Crippen LogP contribution in [0.15, 0.2) is 0 Å². The normalized spacial score (nSPS) is 24.9. The molecule has 106 valence electrons. The van der Waals surface area contributed by atoms with Gasteiger partial charge in [-0.2, -0.15) is 0 Å². The van der Waals surface area contributed by atoms with Crippen LogP contribution in [0.4, 0.5) is 0 Å². The minimum absolute atomic E-state index is 0.0604. The van der Waals surface area contributed by atoms with E-state index in [-0.39, 0.29) is 11.9 Å². The van der Waals surface area contributed by atoms with Gasteiger partial charge in [-0.25, -0.2) is 0 Å². The number of hydrogen-bond acceptors (Lipinski definition) is 4. The first-order valence-corrected chi connectivity index (χ1v) is 6.42. The van der Waals surface area contributed by atoms with Crippen LogP contribution in [-0.2, 0) is 9.53 Å². The summed E-state index contributed by atoms with van der Waals surface area (Å²) in [6.45, 7) is 5.03. The first-order valence-electron chi connectivity index (χ1n) is 6.42. The zero-order valence-electron chi connectivity index (χ0n) is 12.1. The number of aliphatic hydroxyl groups excluding tert-OH is 1. The zero-order chi connectivity index (χ0) is 13.9. The SMILES string of the molecule is COC(C)(C)CC(=O)N1CC(O)CC1CN(C)C. The van der Waals surface area contributed by atoms with Gasteiger partial charge in [-0.15, -0.1) is 0 Å². The predicted molar refractivity (Wildman–Crippen MR) is 70.4 cm³/mol. The molecule has 18 heavy (non-hydrogen) atoms. The Balaban J connectivity index is 2.65. The highest BCUT2D eigenvalue weighted by Gasteiger charge is 2.36. The van der Waals surface area contributed by atoms with Crippen molar-refractivity contribution >= 4 is 5.91 Å². The maximum absolute atomic E-state index is 12.3. The Labute approximate surface area is 110 Å². The van der Waals surface area contributed by atoms with Crippen molar-refractivity contribution < 1.29 is 14.6 Å². The molecule has 1 heterocycles. The molecule has 1 aliphatic heterocycles. The van der Waals surface area contributed by atoms with Gasteiger partial charge in [0, 0.05) is 26.2 Å². The number of likely N-dealkylation sites (N-methyl/N-ethyl adjacent to an activating group) is 1. The highest BCUT2D eigenvalue weighted by Crippen LogP contribution is 2.22. The van der Waals surface area contributed by atoms with Crippen molar-refractivity contribution in [1.29, 1.82) is 0 Å². The largest absolute Gasteiger partial charge is 0.391 e. The van der Waals surface area contributed by atoms with Crippen LogP contribution in [0.25, 0.3) is 0 Å². The lowest BCUT2D eigenvalue weighted by molar-refractivity contribution is -0.137. The number of methoxy groups -OCH3 is 1. The smallest absolute Gasteiger partial charge is 0.225 e. The van der Waals surface area contributed by atoms with Gasteiger partial charge < -0.3 is 19.6 Å². The monoisotopic (exact) mass is 258 g/mol.